The number of hydrogen-bond acceptors (Lipinski definition) is 2. The molecule has 0 radical (unpaired) electrons. The molecule has 4 aliphatic carbocycles. The van der Waals surface area contributed by atoms with Crippen molar-refractivity contribution in [3.05, 3.63) is 22.4 Å². The van der Waals surface area contributed by atoms with E-state index in [1.807, 2.05) is 11.3 Å². The highest BCUT2D eigenvalue weighted by atomic mass is 35.5. The maximum Gasteiger partial charge on any atom is 0.0302 e. The quantitative estimate of drug-likeness (QED) is 0.881. The second kappa shape index (κ2) is 5.15. The predicted molar refractivity (Wildman–Crippen MR) is 79.2 cm³/mol. The van der Waals surface area contributed by atoms with E-state index in [9.17, 15) is 0 Å². The van der Waals surface area contributed by atoms with Crippen LogP contribution < -0.4 is 5.32 Å². The van der Waals surface area contributed by atoms with E-state index in [2.05, 4.69) is 22.8 Å². The van der Waals surface area contributed by atoms with Crippen LogP contribution in [-0.2, 0) is 6.54 Å². The molecule has 0 unspecified atom stereocenters. The van der Waals surface area contributed by atoms with Crippen LogP contribution in [0.1, 0.15) is 37.0 Å². The molecule has 1 aromatic heterocycles. The molecule has 4 saturated carbocycles. The van der Waals surface area contributed by atoms with Crippen molar-refractivity contribution in [2.45, 2.75) is 44.7 Å². The lowest BCUT2D eigenvalue weighted by Crippen LogP contribution is -2.54. The Bertz CT molecular complexity index is 361. The minimum Gasteiger partial charge on any atom is -0.309 e. The second-order valence-electron chi connectivity index (χ2n) is 6.42. The average molecular weight is 284 g/mol. The van der Waals surface area contributed by atoms with Crippen molar-refractivity contribution in [1.29, 1.82) is 0 Å². The molecule has 1 nitrogen and oxygen atoms in total. The van der Waals surface area contributed by atoms with E-state index in [0.29, 0.717) is 0 Å². The van der Waals surface area contributed by atoms with E-state index < -0.39 is 0 Å². The van der Waals surface area contributed by atoms with Crippen LogP contribution in [0.15, 0.2) is 17.5 Å². The van der Waals surface area contributed by atoms with Crippen LogP contribution in [-0.4, -0.2) is 6.04 Å². The maximum absolute atomic E-state index is 3.88. The van der Waals surface area contributed by atoms with Crippen molar-refractivity contribution in [2.75, 3.05) is 0 Å². The van der Waals surface area contributed by atoms with Crippen molar-refractivity contribution >= 4 is 23.7 Å². The fourth-order valence-corrected chi connectivity index (χ4v) is 5.55. The van der Waals surface area contributed by atoms with Gasteiger partial charge in [0.2, 0.25) is 0 Å². The maximum atomic E-state index is 3.88. The molecule has 100 valence electrons. The van der Waals surface area contributed by atoms with Crippen LogP contribution in [0.25, 0.3) is 0 Å². The standard InChI is InChI=1S/C15H21NS.ClH/c1-2-14(17-3-1)9-16-15-12-5-10-4-11(7-12)8-13(15)6-10;/h1-3,10-13,15-16H,4-9H2;1H. The molecule has 0 amide bonds. The average Bonchev–Trinajstić information content (AvgIpc) is 2.80. The van der Waals surface area contributed by atoms with E-state index >= 15 is 0 Å². The van der Waals surface area contributed by atoms with Gasteiger partial charge in [-0.1, -0.05) is 6.07 Å². The van der Waals surface area contributed by atoms with Gasteiger partial charge in [0.05, 0.1) is 0 Å². The Morgan fingerprint density at radius 1 is 1.06 bits per heavy atom. The topological polar surface area (TPSA) is 12.0 Å². The third-order valence-corrected chi connectivity index (χ3v) is 6.20. The molecule has 1 heterocycles. The van der Waals surface area contributed by atoms with Crippen molar-refractivity contribution < 1.29 is 0 Å². The van der Waals surface area contributed by atoms with Crippen LogP contribution in [0.2, 0.25) is 0 Å². The van der Waals surface area contributed by atoms with E-state index in [0.717, 1.165) is 36.3 Å². The molecule has 18 heavy (non-hydrogen) atoms. The highest BCUT2D eigenvalue weighted by Gasteiger charge is 2.47. The van der Waals surface area contributed by atoms with Gasteiger partial charge in [-0.2, -0.15) is 0 Å². The summed E-state index contributed by atoms with van der Waals surface area (Å²) in [5.74, 6) is 4.20. The number of rotatable bonds is 3. The van der Waals surface area contributed by atoms with E-state index in [1.54, 1.807) is 6.42 Å². The zero-order valence-corrected chi connectivity index (χ0v) is 12.3. The predicted octanol–water partition coefficient (Wildman–Crippen LogP) is 4.08. The van der Waals surface area contributed by atoms with E-state index in [4.69, 9.17) is 0 Å². The molecule has 3 heteroatoms. The van der Waals surface area contributed by atoms with Crippen LogP contribution in [0.5, 0.6) is 0 Å². The summed E-state index contributed by atoms with van der Waals surface area (Å²) < 4.78 is 0. The Hall–Kier alpha value is -0.0500. The summed E-state index contributed by atoms with van der Waals surface area (Å²) in [6.45, 7) is 1.10. The smallest absolute Gasteiger partial charge is 0.0302 e. The lowest BCUT2D eigenvalue weighted by Gasteiger charge is -2.54. The van der Waals surface area contributed by atoms with Crippen LogP contribution in [0.4, 0.5) is 0 Å². The van der Waals surface area contributed by atoms with Gasteiger partial charge < -0.3 is 5.32 Å². The summed E-state index contributed by atoms with van der Waals surface area (Å²) in [7, 11) is 0. The van der Waals surface area contributed by atoms with Gasteiger partial charge in [-0.3, -0.25) is 0 Å². The molecule has 0 saturated heterocycles. The van der Waals surface area contributed by atoms with Crippen molar-refractivity contribution in [1.82, 2.24) is 5.32 Å². The Labute approximate surface area is 120 Å². The molecule has 4 bridgehead atoms. The third-order valence-electron chi connectivity index (χ3n) is 5.32. The highest BCUT2D eigenvalue weighted by Crippen LogP contribution is 2.53. The Kier molecular flexibility index (Phi) is 3.70. The van der Waals surface area contributed by atoms with Crippen LogP contribution in [0, 0.1) is 23.7 Å². The van der Waals surface area contributed by atoms with Crippen molar-refractivity contribution in [3.8, 4) is 0 Å². The van der Waals surface area contributed by atoms with Gasteiger partial charge in [0.1, 0.15) is 0 Å². The molecule has 0 aliphatic heterocycles. The molecule has 4 aliphatic rings. The molecule has 0 aromatic carbocycles. The normalized spacial score (nSPS) is 40.8. The second-order valence-corrected chi connectivity index (χ2v) is 7.45. The first-order valence-corrected chi connectivity index (χ1v) is 8.02. The van der Waals surface area contributed by atoms with Gasteiger partial charge in [0.25, 0.3) is 0 Å². The molecular weight excluding hydrogens is 262 g/mol. The fourth-order valence-electron chi connectivity index (χ4n) is 4.89. The van der Waals surface area contributed by atoms with Crippen molar-refractivity contribution in [2.24, 2.45) is 23.7 Å². The van der Waals surface area contributed by atoms with Crippen LogP contribution >= 0.6 is 23.7 Å². The van der Waals surface area contributed by atoms with E-state index in [-0.39, 0.29) is 12.4 Å². The third kappa shape index (κ3) is 2.23. The first-order valence-electron chi connectivity index (χ1n) is 7.14. The lowest BCUT2D eigenvalue weighted by molar-refractivity contribution is -0.0141. The van der Waals surface area contributed by atoms with E-state index in [1.165, 1.54) is 30.6 Å². The fraction of sp³-hybridized carbons (Fsp3) is 0.733. The zero-order chi connectivity index (χ0) is 11.2. The molecule has 1 aromatic rings. The summed E-state index contributed by atoms with van der Waals surface area (Å²) in [4.78, 5) is 1.50. The summed E-state index contributed by atoms with van der Waals surface area (Å²) in [5.41, 5.74) is 0. The minimum atomic E-state index is 0. The Morgan fingerprint density at radius 2 is 1.72 bits per heavy atom. The highest BCUT2D eigenvalue weighted by molar-refractivity contribution is 7.09. The molecule has 5 rings (SSSR count). The SMILES string of the molecule is Cl.c1csc(CNC2C3CC4CC(C3)CC2C4)c1. The molecule has 4 fully saturated rings. The Balaban J connectivity index is 0.000001000. The van der Waals surface area contributed by atoms with Gasteiger partial charge in [0.15, 0.2) is 0 Å². The number of halogens is 1. The zero-order valence-electron chi connectivity index (χ0n) is 10.7. The van der Waals surface area contributed by atoms with Gasteiger partial charge in [-0.05, 0) is 67.2 Å². The Morgan fingerprint density at radius 3 is 2.28 bits per heavy atom. The summed E-state index contributed by atoms with van der Waals surface area (Å²) in [6, 6.07) is 5.26. The van der Waals surface area contributed by atoms with Crippen molar-refractivity contribution in [3.63, 3.8) is 0 Å². The monoisotopic (exact) mass is 283 g/mol. The number of hydrogen-bond donors (Lipinski definition) is 1. The van der Waals surface area contributed by atoms with Gasteiger partial charge in [-0.25, -0.2) is 0 Å². The van der Waals surface area contributed by atoms with Crippen LogP contribution in [0.3, 0.4) is 0 Å². The number of nitrogens with one attached hydrogen (secondary N) is 1. The summed E-state index contributed by atoms with van der Waals surface area (Å²) >= 11 is 1.89. The van der Waals surface area contributed by atoms with Gasteiger partial charge in [0, 0.05) is 17.5 Å². The summed E-state index contributed by atoms with van der Waals surface area (Å²) in [5, 5.41) is 6.07. The first kappa shape index (κ1) is 13.0. The molecular formula is C15H22ClNS. The van der Waals surface area contributed by atoms with Gasteiger partial charge in [-0.15, -0.1) is 23.7 Å². The lowest BCUT2D eigenvalue weighted by atomic mass is 9.54. The molecule has 1 N–H and O–H groups in total. The molecule has 0 spiro atoms. The molecule has 0 atom stereocenters. The number of thiophene rings is 1. The largest absolute Gasteiger partial charge is 0.309 e. The first-order chi connectivity index (χ1) is 8.38. The summed E-state index contributed by atoms with van der Waals surface area (Å²) in [6.07, 6.45) is 7.65. The minimum absolute atomic E-state index is 0. The van der Waals surface area contributed by atoms with Gasteiger partial charge >= 0.3 is 0 Å².